The number of fused-ring (bicyclic) bond motifs is 8. The summed E-state index contributed by atoms with van der Waals surface area (Å²) in [5.74, 6) is 1.39. The Balaban J connectivity index is 0.780. The van der Waals surface area contributed by atoms with Crippen molar-refractivity contribution in [3.63, 3.8) is 0 Å². The Labute approximate surface area is 397 Å². The van der Waals surface area contributed by atoms with E-state index in [1.165, 1.54) is 6.92 Å². The van der Waals surface area contributed by atoms with Crippen LogP contribution in [0.3, 0.4) is 0 Å². The number of anilines is 3. The topological polar surface area (TPSA) is 143 Å². The van der Waals surface area contributed by atoms with E-state index in [1.807, 2.05) is 95.9 Å². The molecule has 5 aromatic rings. The number of hydrogen-bond donors (Lipinski definition) is 0. The van der Waals surface area contributed by atoms with E-state index in [0.717, 1.165) is 77.3 Å². The Morgan fingerprint density at radius 1 is 0.706 bits per heavy atom. The Kier molecular flexibility index (Phi) is 13.6. The summed E-state index contributed by atoms with van der Waals surface area (Å²) in [5, 5.41) is 0. The van der Waals surface area contributed by atoms with Crippen molar-refractivity contribution >= 4 is 70.0 Å². The van der Waals surface area contributed by atoms with Crippen LogP contribution in [0.25, 0.3) is 0 Å². The first-order valence-corrected chi connectivity index (χ1v) is 23.5. The SMILES string of the molecule is COc1cc2c(cc1OCCCOc1cc3c(cc1C)C(=O)N1c4ccc(N(C)CCCCC(=NCC(=O)CCC(C)=O)c5ccccc5)cc4C[C@H]1C=N3)N=C[C@@H]1Cc3ccccc3N1C2=O. The number of Topliss-reactive ketones (excluding diaryl/α,β-unsaturated/α-hetero) is 2. The van der Waals surface area contributed by atoms with E-state index in [9.17, 15) is 19.2 Å². The molecule has 4 aliphatic rings. The molecule has 2 amide bonds. The molecule has 0 unspecified atom stereocenters. The van der Waals surface area contributed by atoms with Crippen LogP contribution in [0, 0.1) is 6.92 Å². The number of para-hydroxylation sites is 1. The van der Waals surface area contributed by atoms with Crippen LogP contribution in [-0.4, -0.2) is 94.1 Å². The molecule has 68 heavy (non-hydrogen) atoms. The molecule has 0 saturated heterocycles. The summed E-state index contributed by atoms with van der Waals surface area (Å²) in [6.45, 7) is 5.06. The van der Waals surface area contributed by atoms with E-state index in [2.05, 4.69) is 35.1 Å². The highest BCUT2D eigenvalue weighted by atomic mass is 16.5. The van der Waals surface area contributed by atoms with Gasteiger partial charge in [-0.1, -0.05) is 48.5 Å². The van der Waals surface area contributed by atoms with E-state index in [4.69, 9.17) is 24.2 Å². The van der Waals surface area contributed by atoms with E-state index in [-0.39, 0.29) is 54.9 Å². The number of ether oxygens (including phenoxy) is 3. The second-order valence-corrected chi connectivity index (χ2v) is 17.8. The normalized spacial score (nSPS) is 16.5. The van der Waals surface area contributed by atoms with Gasteiger partial charge in [0.1, 0.15) is 11.5 Å². The van der Waals surface area contributed by atoms with Gasteiger partial charge in [0.2, 0.25) is 0 Å². The fourth-order valence-electron chi connectivity index (χ4n) is 9.40. The predicted molar refractivity (Wildman–Crippen MR) is 267 cm³/mol. The van der Waals surface area contributed by atoms with Crippen LogP contribution < -0.4 is 28.9 Å². The molecule has 0 bridgehead atoms. The van der Waals surface area contributed by atoms with Crippen molar-refractivity contribution < 1.29 is 33.4 Å². The zero-order valence-electron chi connectivity index (χ0n) is 39.1. The van der Waals surface area contributed by atoms with E-state index >= 15 is 0 Å². The molecule has 0 radical (unpaired) electrons. The number of rotatable bonds is 19. The minimum Gasteiger partial charge on any atom is -0.493 e. The molecule has 13 nitrogen and oxygen atoms in total. The standard InChI is InChI=1S/C55H56N6O7/c1-35-25-44-47(30-51(35)67-23-12-24-68-53-31-48-45(29-52(53)66-4)55(65)60-41(32-57-48)26-38-15-8-9-17-49(38)60)56-33-42-28-39-27-40(19-21-50(39)61(42)54(44)64)59(3)22-11-10-16-46(37-13-6-5-7-14-37)58-34-43(63)20-18-36(2)62/h5-9,13-15,17,19,21,25,27,29-33,41-42H,10-12,16,18,20,22-24,26,28,34H2,1-4H3/t41-,42-/m0/s1. The Morgan fingerprint density at radius 2 is 1.35 bits per heavy atom. The number of aryl methyl sites for hydroxylation is 1. The van der Waals surface area contributed by atoms with Crippen LogP contribution in [-0.2, 0) is 22.4 Å². The maximum atomic E-state index is 14.2. The predicted octanol–water partition coefficient (Wildman–Crippen LogP) is 9.46. The van der Waals surface area contributed by atoms with Crippen molar-refractivity contribution in [1.82, 2.24) is 0 Å². The molecule has 0 aromatic heterocycles. The van der Waals surface area contributed by atoms with Gasteiger partial charge in [-0.05, 0) is 91.8 Å². The van der Waals surface area contributed by atoms with Crippen LogP contribution in [0.15, 0.2) is 112 Å². The number of amides is 2. The molecule has 4 aliphatic heterocycles. The summed E-state index contributed by atoms with van der Waals surface area (Å²) in [6.07, 6.45) is 8.71. The molecule has 2 atom stereocenters. The van der Waals surface area contributed by atoms with Crippen molar-refractivity contribution in [2.24, 2.45) is 15.0 Å². The molecular formula is C55H56N6O7. The zero-order valence-corrected chi connectivity index (χ0v) is 39.1. The van der Waals surface area contributed by atoms with Crippen LogP contribution >= 0.6 is 0 Å². The maximum Gasteiger partial charge on any atom is 0.261 e. The zero-order chi connectivity index (χ0) is 47.3. The highest BCUT2D eigenvalue weighted by Crippen LogP contribution is 2.42. The third-order valence-electron chi connectivity index (χ3n) is 13.1. The highest BCUT2D eigenvalue weighted by Gasteiger charge is 2.38. The number of aliphatic imine (C=N–C) groups is 3. The number of carbonyl (C=O) groups is 4. The minimum absolute atomic E-state index is 0.0104. The number of carbonyl (C=O) groups excluding carboxylic acids is 4. The summed E-state index contributed by atoms with van der Waals surface area (Å²) in [4.78, 5) is 71.9. The summed E-state index contributed by atoms with van der Waals surface area (Å²) in [5.41, 5.74) is 9.99. The van der Waals surface area contributed by atoms with Crippen molar-refractivity contribution in [2.75, 3.05) is 55.2 Å². The lowest BCUT2D eigenvalue weighted by atomic mass is 10.0. The van der Waals surface area contributed by atoms with Crippen LogP contribution in [0.2, 0.25) is 0 Å². The summed E-state index contributed by atoms with van der Waals surface area (Å²) < 4.78 is 18.1. The average Bonchev–Trinajstić information content (AvgIpc) is 3.84. The van der Waals surface area contributed by atoms with Gasteiger partial charge in [0.25, 0.3) is 11.8 Å². The maximum absolute atomic E-state index is 14.2. The Bertz CT molecular complexity index is 2860. The molecule has 9 rings (SSSR count). The molecule has 348 valence electrons. The molecule has 5 aromatic carbocycles. The van der Waals surface area contributed by atoms with Gasteiger partial charge in [-0.15, -0.1) is 0 Å². The molecule has 0 aliphatic carbocycles. The van der Waals surface area contributed by atoms with Crippen LogP contribution in [0.1, 0.15) is 88.4 Å². The number of methoxy groups -OCH3 is 1. The third kappa shape index (κ3) is 9.69. The fourth-order valence-corrected chi connectivity index (χ4v) is 9.40. The van der Waals surface area contributed by atoms with E-state index in [0.29, 0.717) is 65.8 Å². The van der Waals surface area contributed by atoms with Crippen molar-refractivity contribution in [2.45, 2.75) is 77.3 Å². The smallest absolute Gasteiger partial charge is 0.261 e. The Hall–Kier alpha value is -7.41. The molecule has 0 N–H and O–H groups in total. The summed E-state index contributed by atoms with van der Waals surface area (Å²) >= 11 is 0. The average molecular weight is 913 g/mol. The molecular weight excluding hydrogens is 857 g/mol. The van der Waals surface area contributed by atoms with E-state index in [1.54, 1.807) is 19.2 Å². The van der Waals surface area contributed by atoms with Crippen molar-refractivity contribution in [3.8, 4) is 17.2 Å². The third-order valence-corrected chi connectivity index (χ3v) is 13.1. The lowest BCUT2D eigenvalue weighted by Crippen LogP contribution is -2.37. The first-order chi connectivity index (χ1) is 33.1. The lowest BCUT2D eigenvalue weighted by Gasteiger charge is -2.23. The lowest BCUT2D eigenvalue weighted by molar-refractivity contribution is -0.122. The number of nitrogens with zero attached hydrogens (tertiary/aromatic N) is 6. The van der Waals surface area contributed by atoms with Gasteiger partial charge in [0, 0.05) is 93.0 Å². The van der Waals surface area contributed by atoms with Crippen LogP contribution in [0.5, 0.6) is 17.2 Å². The van der Waals surface area contributed by atoms with Gasteiger partial charge >= 0.3 is 0 Å². The molecule has 0 saturated carbocycles. The minimum atomic E-state index is -0.208. The van der Waals surface area contributed by atoms with Gasteiger partial charge in [-0.25, -0.2) is 0 Å². The summed E-state index contributed by atoms with van der Waals surface area (Å²) in [7, 11) is 3.64. The van der Waals surface area contributed by atoms with Gasteiger partial charge in [0.05, 0.1) is 61.5 Å². The van der Waals surface area contributed by atoms with Crippen molar-refractivity contribution in [3.05, 3.63) is 130 Å². The van der Waals surface area contributed by atoms with Crippen LogP contribution in [0.4, 0.5) is 28.4 Å². The Morgan fingerprint density at radius 3 is 2.07 bits per heavy atom. The summed E-state index contributed by atoms with van der Waals surface area (Å²) in [6, 6.07) is 31.1. The second-order valence-electron chi connectivity index (χ2n) is 17.8. The molecule has 13 heteroatoms. The van der Waals surface area contributed by atoms with Crippen molar-refractivity contribution in [1.29, 1.82) is 0 Å². The highest BCUT2D eigenvalue weighted by molar-refractivity contribution is 6.16. The molecule has 0 spiro atoms. The fraction of sp³-hybridized carbons (Fsp3) is 0.327. The number of ketones is 2. The first-order valence-electron chi connectivity index (χ1n) is 23.5. The van der Waals surface area contributed by atoms with E-state index < -0.39 is 0 Å². The largest absolute Gasteiger partial charge is 0.493 e. The van der Waals surface area contributed by atoms with Gasteiger partial charge < -0.3 is 23.9 Å². The molecule has 0 fully saturated rings. The monoisotopic (exact) mass is 912 g/mol. The number of unbranched alkanes of at least 4 members (excludes halogenated alkanes) is 1. The second kappa shape index (κ2) is 20.2. The van der Waals surface area contributed by atoms with Gasteiger partial charge in [-0.2, -0.15) is 0 Å². The first kappa shape index (κ1) is 45.7. The quantitative estimate of drug-likeness (QED) is 0.0589. The number of hydrogen-bond acceptors (Lipinski definition) is 11. The van der Waals surface area contributed by atoms with Gasteiger partial charge in [0.15, 0.2) is 17.3 Å². The van der Waals surface area contributed by atoms with Gasteiger partial charge in [-0.3, -0.25) is 39.2 Å². The number of benzene rings is 5. The molecule has 4 heterocycles.